The first kappa shape index (κ1) is 12.3. The Morgan fingerprint density at radius 1 is 1.06 bits per heavy atom. The molecule has 0 aliphatic carbocycles. The second-order valence-corrected chi connectivity index (χ2v) is 4.42. The van der Waals surface area contributed by atoms with Crippen LogP contribution in [0.1, 0.15) is 25.7 Å². The van der Waals surface area contributed by atoms with Gasteiger partial charge >= 0.3 is 5.97 Å². The molecule has 2 atom stereocenters. The monoisotopic (exact) mass is 243 g/mol. The van der Waals surface area contributed by atoms with Gasteiger partial charge in [-0.2, -0.15) is 0 Å². The largest absolute Gasteiger partial charge is 0.479 e. The molecule has 1 amide bonds. The molecule has 6 heteroatoms. The molecule has 2 aliphatic heterocycles. The summed E-state index contributed by atoms with van der Waals surface area (Å²) in [6, 6.07) is 0.128. The minimum atomic E-state index is -0.994. The molecule has 2 rings (SSSR count). The van der Waals surface area contributed by atoms with E-state index in [2.05, 4.69) is 5.32 Å². The van der Waals surface area contributed by atoms with Crippen LogP contribution in [0.5, 0.6) is 0 Å². The van der Waals surface area contributed by atoms with E-state index < -0.39 is 18.2 Å². The number of hydrogen-bond acceptors (Lipinski definition) is 4. The standard InChI is InChI=1S/C11H17NO5/c13-10(12-7-3-5-16-6-4-7)8-1-2-9(17-8)11(14)15/h7-9H,1-6H2,(H,12,13)(H,14,15). The lowest BCUT2D eigenvalue weighted by atomic mass is 10.1. The van der Waals surface area contributed by atoms with E-state index in [9.17, 15) is 9.59 Å². The molecule has 0 spiro atoms. The lowest BCUT2D eigenvalue weighted by Crippen LogP contribution is -2.44. The number of rotatable bonds is 3. The average Bonchev–Trinajstić information content (AvgIpc) is 2.79. The van der Waals surface area contributed by atoms with Crippen LogP contribution in [-0.2, 0) is 19.1 Å². The number of carbonyl (C=O) groups is 2. The number of aliphatic carboxylic acids is 1. The Bertz CT molecular complexity index is 300. The molecular weight excluding hydrogens is 226 g/mol. The topological polar surface area (TPSA) is 84.9 Å². The number of ether oxygens (including phenoxy) is 2. The second-order valence-electron chi connectivity index (χ2n) is 4.42. The lowest BCUT2D eigenvalue weighted by molar-refractivity contribution is -0.152. The molecule has 0 aromatic heterocycles. The summed E-state index contributed by atoms with van der Waals surface area (Å²) in [5.41, 5.74) is 0. The SMILES string of the molecule is O=C(O)C1CCC(C(=O)NC2CCOCC2)O1. The van der Waals surface area contributed by atoms with Crippen LogP contribution in [-0.4, -0.2) is 48.4 Å². The number of carbonyl (C=O) groups excluding carboxylic acids is 1. The smallest absolute Gasteiger partial charge is 0.332 e. The molecule has 2 fully saturated rings. The summed E-state index contributed by atoms with van der Waals surface area (Å²) >= 11 is 0. The van der Waals surface area contributed by atoms with Crippen LogP contribution in [0.25, 0.3) is 0 Å². The number of carboxylic acids is 1. The van der Waals surface area contributed by atoms with Crippen molar-refractivity contribution in [2.75, 3.05) is 13.2 Å². The number of amides is 1. The summed E-state index contributed by atoms with van der Waals surface area (Å²) in [6.07, 6.45) is 1.05. The third-order valence-corrected chi connectivity index (χ3v) is 3.16. The van der Waals surface area contributed by atoms with E-state index in [0.717, 1.165) is 12.8 Å². The van der Waals surface area contributed by atoms with Crippen molar-refractivity contribution in [3.63, 3.8) is 0 Å². The van der Waals surface area contributed by atoms with Gasteiger partial charge in [-0.3, -0.25) is 4.79 Å². The third-order valence-electron chi connectivity index (χ3n) is 3.16. The van der Waals surface area contributed by atoms with E-state index in [0.29, 0.717) is 26.1 Å². The van der Waals surface area contributed by atoms with E-state index in [1.807, 2.05) is 0 Å². The van der Waals surface area contributed by atoms with Crippen LogP contribution in [0.15, 0.2) is 0 Å². The van der Waals surface area contributed by atoms with Gasteiger partial charge in [0.25, 0.3) is 0 Å². The molecule has 0 aromatic rings. The van der Waals surface area contributed by atoms with E-state index in [1.54, 1.807) is 0 Å². The predicted octanol–water partition coefficient (Wildman–Crippen LogP) is -0.0862. The number of carboxylic acid groups (broad SMARTS) is 1. The van der Waals surface area contributed by atoms with Crippen LogP contribution < -0.4 is 5.32 Å². The molecule has 6 nitrogen and oxygen atoms in total. The van der Waals surface area contributed by atoms with Gasteiger partial charge in [0.1, 0.15) is 6.10 Å². The van der Waals surface area contributed by atoms with E-state index in [4.69, 9.17) is 14.6 Å². The maximum Gasteiger partial charge on any atom is 0.332 e. The maximum atomic E-state index is 11.8. The fourth-order valence-electron chi connectivity index (χ4n) is 2.15. The molecule has 2 N–H and O–H groups in total. The Morgan fingerprint density at radius 2 is 1.71 bits per heavy atom. The summed E-state index contributed by atoms with van der Waals surface area (Å²) in [5.74, 6) is -1.19. The van der Waals surface area contributed by atoms with Crippen molar-refractivity contribution in [3.8, 4) is 0 Å². The highest BCUT2D eigenvalue weighted by Gasteiger charge is 2.35. The van der Waals surface area contributed by atoms with Gasteiger partial charge in [0, 0.05) is 19.3 Å². The van der Waals surface area contributed by atoms with E-state index in [-0.39, 0.29) is 11.9 Å². The van der Waals surface area contributed by atoms with Crippen LogP contribution in [0.2, 0.25) is 0 Å². The van der Waals surface area contributed by atoms with Crippen molar-refractivity contribution in [1.29, 1.82) is 0 Å². The second kappa shape index (κ2) is 5.46. The van der Waals surface area contributed by atoms with Gasteiger partial charge in [0.2, 0.25) is 5.91 Å². The minimum absolute atomic E-state index is 0.128. The fourth-order valence-corrected chi connectivity index (χ4v) is 2.15. The van der Waals surface area contributed by atoms with Crippen molar-refractivity contribution in [3.05, 3.63) is 0 Å². The zero-order chi connectivity index (χ0) is 12.3. The summed E-state index contributed by atoms with van der Waals surface area (Å²) in [7, 11) is 0. The Labute approximate surface area is 99.3 Å². The third kappa shape index (κ3) is 3.17. The highest BCUT2D eigenvalue weighted by atomic mass is 16.5. The van der Waals surface area contributed by atoms with Crippen LogP contribution >= 0.6 is 0 Å². The maximum absolute atomic E-state index is 11.8. The van der Waals surface area contributed by atoms with Crippen LogP contribution in [0.3, 0.4) is 0 Å². The van der Waals surface area contributed by atoms with Gasteiger partial charge in [-0.05, 0) is 25.7 Å². The molecule has 96 valence electrons. The van der Waals surface area contributed by atoms with Gasteiger partial charge in [0.05, 0.1) is 0 Å². The highest BCUT2D eigenvalue weighted by Crippen LogP contribution is 2.20. The van der Waals surface area contributed by atoms with Crippen molar-refractivity contribution < 1.29 is 24.2 Å². The molecule has 2 saturated heterocycles. The molecular formula is C11H17NO5. The molecule has 2 aliphatic rings. The average molecular weight is 243 g/mol. The Kier molecular flexibility index (Phi) is 3.96. The molecule has 2 unspecified atom stereocenters. The van der Waals surface area contributed by atoms with Crippen molar-refractivity contribution in [1.82, 2.24) is 5.32 Å². The molecule has 17 heavy (non-hydrogen) atoms. The first-order chi connectivity index (χ1) is 8.16. The summed E-state index contributed by atoms with van der Waals surface area (Å²) < 4.78 is 10.4. The van der Waals surface area contributed by atoms with Gasteiger partial charge < -0.3 is 19.9 Å². The van der Waals surface area contributed by atoms with Crippen molar-refractivity contribution >= 4 is 11.9 Å². The summed E-state index contributed by atoms with van der Waals surface area (Å²) in [6.45, 7) is 1.32. The normalized spacial score (nSPS) is 30.1. The lowest BCUT2D eigenvalue weighted by Gasteiger charge is -2.24. The number of nitrogens with one attached hydrogen (secondary N) is 1. The zero-order valence-electron chi connectivity index (χ0n) is 9.55. The quantitative estimate of drug-likeness (QED) is 0.724. The first-order valence-corrected chi connectivity index (χ1v) is 5.93. The zero-order valence-corrected chi connectivity index (χ0v) is 9.55. The summed E-state index contributed by atoms with van der Waals surface area (Å²) in [5, 5.41) is 11.6. The van der Waals surface area contributed by atoms with Gasteiger partial charge in [-0.1, -0.05) is 0 Å². The van der Waals surface area contributed by atoms with Gasteiger partial charge in [-0.25, -0.2) is 4.79 Å². The van der Waals surface area contributed by atoms with Crippen LogP contribution in [0.4, 0.5) is 0 Å². The minimum Gasteiger partial charge on any atom is -0.479 e. The molecule has 0 aromatic carbocycles. The fraction of sp³-hybridized carbons (Fsp3) is 0.818. The van der Waals surface area contributed by atoms with Gasteiger partial charge in [-0.15, -0.1) is 0 Å². The summed E-state index contributed by atoms with van der Waals surface area (Å²) in [4.78, 5) is 22.5. The number of hydrogen-bond donors (Lipinski definition) is 2. The molecule has 0 bridgehead atoms. The first-order valence-electron chi connectivity index (χ1n) is 5.93. The van der Waals surface area contributed by atoms with Crippen molar-refractivity contribution in [2.45, 2.75) is 43.9 Å². The van der Waals surface area contributed by atoms with E-state index >= 15 is 0 Å². The Balaban J connectivity index is 1.78. The predicted molar refractivity (Wildman–Crippen MR) is 57.5 cm³/mol. The molecule has 0 radical (unpaired) electrons. The molecule has 0 saturated carbocycles. The Morgan fingerprint density at radius 3 is 2.29 bits per heavy atom. The van der Waals surface area contributed by atoms with Crippen LogP contribution in [0, 0.1) is 0 Å². The van der Waals surface area contributed by atoms with Gasteiger partial charge in [0.15, 0.2) is 6.10 Å². The Hall–Kier alpha value is -1.14. The van der Waals surface area contributed by atoms with Crippen molar-refractivity contribution in [2.24, 2.45) is 0 Å². The van der Waals surface area contributed by atoms with E-state index in [1.165, 1.54) is 0 Å². The molecule has 2 heterocycles. The highest BCUT2D eigenvalue weighted by molar-refractivity contribution is 5.82.